The Bertz CT molecular complexity index is 1770. The molecule has 3 aromatic rings. The molecule has 0 radical (unpaired) electrons. The Morgan fingerprint density at radius 2 is 1.78 bits per heavy atom. The molecule has 1 aliphatic carbocycles. The highest BCUT2D eigenvalue weighted by Gasteiger charge is 2.45. The van der Waals surface area contributed by atoms with E-state index in [9.17, 15) is 24.2 Å². The third kappa shape index (κ3) is 7.50. The second-order valence-electron chi connectivity index (χ2n) is 14.6. The number of carbonyl (C=O) groups excluding carboxylic acids is 1. The first kappa shape index (κ1) is 37.2. The van der Waals surface area contributed by atoms with E-state index in [0.29, 0.717) is 36.3 Å². The van der Waals surface area contributed by atoms with Gasteiger partial charge in [-0.2, -0.15) is 0 Å². The van der Waals surface area contributed by atoms with Crippen LogP contribution in [0.4, 0.5) is 29.3 Å². The van der Waals surface area contributed by atoms with Crippen LogP contribution in [-0.2, 0) is 22.2 Å². The number of anilines is 2. The van der Waals surface area contributed by atoms with Crippen LogP contribution in [0.15, 0.2) is 30.5 Å². The number of hydrogen-bond donors (Lipinski definition) is 4. The average molecular weight is 716 g/mol. The zero-order chi connectivity index (χ0) is 36.7. The van der Waals surface area contributed by atoms with Crippen molar-refractivity contribution in [2.24, 2.45) is 5.92 Å². The first-order valence-electron chi connectivity index (χ1n) is 16.5. The Morgan fingerprint density at radius 3 is 2.40 bits per heavy atom. The molecule has 270 valence electrons. The van der Waals surface area contributed by atoms with E-state index in [2.05, 4.69) is 54.5 Å². The zero-order valence-corrected chi connectivity index (χ0v) is 30.2. The van der Waals surface area contributed by atoms with Gasteiger partial charge in [-0.15, -0.1) is 0 Å². The van der Waals surface area contributed by atoms with Crippen molar-refractivity contribution in [1.82, 2.24) is 15.3 Å². The van der Waals surface area contributed by atoms with E-state index >= 15 is 8.78 Å². The predicted octanol–water partition coefficient (Wildman–Crippen LogP) is 6.42. The number of aromatic nitrogens is 2. The second kappa shape index (κ2) is 14.3. The Morgan fingerprint density at radius 1 is 1.10 bits per heavy atom. The normalized spacial score (nSPS) is 20.8. The van der Waals surface area contributed by atoms with Crippen molar-refractivity contribution in [2.75, 3.05) is 30.4 Å². The molecule has 2 aromatic heterocycles. The second-order valence-corrected chi connectivity index (χ2v) is 19.3. The van der Waals surface area contributed by atoms with Crippen LogP contribution in [0.25, 0.3) is 11.3 Å². The predicted molar refractivity (Wildman–Crippen MR) is 184 cm³/mol. The lowest BCUT2D eigenvalue weighted by Crippen LogP contribution is -2.62. The summed E-state index contributed by atoms with van der Waals surface area (Å²) < 4.78 is 56.7. The fraction of sp³-hybridized carbons (Fsp3) is 0.486. The molecule has 11 nitrogen and oxygen atoms in total. The van der Waals surface area contributed by atoms with Crippen molar-refractivity contribution < 1.29 is 42.1 Å². The molecule has 2 aliphatic rings. The van der Waals surface area contributed by atoms with Crippen LogP contribution in [-0.4, -0.2) is 72.8 Å². The number of ether oxygens (including phenoxy) is 1. The Kier molecular flexibility index (Phi) is 10.6. The van der Waals surface area contributed by atoms with Crippen LogP contribution in [0.5, 0.6) is 0 Å². The minimum absolute atomic E-state index is 0.0616. The molecule has 50 heavy (non-hydrogen) atoms. The van der Waals surface area contributed by atoms with Crippen molar-refractivity contribution in [1.29, 1.82) is 0 Å². The number of hydrogen-bond acceptors (Lipinski definition) is 8. The monoisotopic (exact) mass is 715 g/mol. The number of amides is 2. The van der Waals surface area contributed by atoms with Gasteiger partial charge in [-0.25, -0.2) is 22.9 Å². The van der Waals surface area contributed by atoms with E-state index in [4.69, 9.17) is 9.16 Å². The molecule has 1 fully saturated rings. The molecule has 4 atom stereocenters. The number of rotatable bonds is 9. The van der Waals surface area contributed by atoms with Crippen molar-refractivity contribution in [2.45, 2.75) is 83.5 Å². The number of fused-ring (bicyclic) bond motifs is 1. The van der Waals surface area contributed by atoms with Crippen LogP contribution < -0.4 is 15.5 Å². The summed E-state index contributed by atoms with van der Waals surface area (Å²) >= 11 is 0. The van der Waals surface area contributed by atoms with Crippen molar-refractivity contribution in [3.05, 3.63) is 70.4 Å². The molecule has 2 amide bonds. The topological polar surface area (TPSA) is 146 Å². The van der Waals surface area contributed by atoms with E-state index in [1.54, 1.807) is 0 Å². The molecular weight excluding hydrogens is 671 g/mol. The maximum absolute atomic E-state index is 15.0. The standard InChI is InChI=1S/C35H44F3N5O6Si/c1-18-15-43(16-26(42-34(46)47)32(18)49-50(6,7)35(2,3)4)31-20-8-11-27(44)29(20)39-14-25(31)41-33(45)24-10-9-21(36)30(40-24)28-22(37)12-19(17-48-5)13-23(28)38/h9-10,12-14,18,26-27,32,42,44H,8,11,15-17H2,1-7H3,(H,41,45)(H,46,47)/t18-,26+,27?,32-/m0/s1. The van der Waals surface area contributed by atoms with Gasteiger partial charge in [0.1, 0.15) is 28.8 Å². The largest absolute Gasteiger partial charge is 0.465 e. The summed E-state index contributed by atoms with van der Waals surface area (Å²) in [6.45, 7) is 13.1. The number of methoxy groups -OCH3 is 1. The minimum Gasteiger partial charge on any atom is -0.465 e. The van der Waals surface area contributed by atoms with E-state index in [0.717, 1.165) is 24.3 Å². The van der Waals surface area contributed by atoms with Gasteiger partial charge in [-0.1, -0.05) is 27.7 Å². The number of aliphatic hydroxyl groups excluding tert-OH is 1. The molecular formula is C35H44F3N5O6Si. The molecule has 0 spiro atoms. The summed E-state index contributed by atoms with van der Waals surface area (Å²) in [7, 11) is -0.939. The minimum atomic E-state index is -2.31. The molecule has 0 bridgehead atoms. The Balaban J connectivity index is 1.50. The van der Waals surface area contributed by atoms with Gasteiger partial charge >= 0.3 is 6.09 Å². The van der Waals surface area contributed by atoms with Crippen molar-refractivity contribution in [3.8, 4) is 11.3 Å². The Hall–Kier alpha value is -4.05. The number of carbonyl (C=O) groups is 2. The van der Waals surface area contributed by atoms with E-state index in [1.807, 2.05) is 11.8 Å². The number of pyridine rings is 2. The maximum atomic E-state index is 15.0. The fourth-order valence-corrected chi connectivity index (χ4v) is 7.87. The van der Waals surface area contributed by atoms with Gasteiger partial charge in [-0.3, -0.25) is 9.78 Å². The number of nitrogens with one attached hydrogen (secondary N) is 2. The fourth-order valence-electron chi connectivity index (χ4n) is 6.44. The van der Waals surface area contributed by atoms with Gasteiger partial charge in [0.15, 0.2) is 8.32 Å². The molecule has 3 heterocycles. The van der Waals surface area contributed by atoms with Gasteiger partial charge in [-0.05, 0) is 60.8 Å². The molecule has 1 aromatic carbocycles. The molecule has 1 aliphatic heterocycles. The van der Waals surface area contributed by atoms with E-state index in [1.165, 1.54) is 13.3 Å². The van der Waals surface area contributed by atoms with Crippen LogP contribution in [0.3, 0.4) is 0 Å². The van der Waals surface area contributed by atoms with Gasteiger partial charge in [0.05, 0.1) is 53.7 Å². The van der Waals surface area contributed by atoms with Gasteiger partial charge < -0.3 is 34.9 Å². The van der Waals surface area contributed by atoms with Crippen LogP contribution in [0.1, 0.15) is 67.5 Å². The molecule has 4 N–H and O–H groups in total. The van der Waals surface area contributed by atoms with E-state index < -0.39 is 67.3 Å². The van der Waals surface area contributed by atoms with Gasteiger partial charge in [0.25, 0.3) is 5.91 Å². The number of benzene rings is 1. The number of halogens is 3. The highest BCUT2D eigenvalue weighted by Crippen LogP contribution is 2.44. The van der Waals surface area contributed by atoms with Crippen LogP contribution in [0.2, 0.25) is 18.1 Å². The first-order chi connectivity index (χ1) is 23.4. The lowest BCUT2D eigenvalue weighted by Gasteiger charge is -2.48. The highest BCUT2D eigenvalue weighted by atomic mass is 28.4. The number of aliphatic hydroxyl groups is 1. The summed E-state index contributed by atoms with van der Waals surface area (Å²) in [6, 6.07) is 3.41. The third-order valence-electron chi connectivity index (χ3n) is 9.89. The molecule has 5 rings (SSSR count). The first-order valence-corrected chi connectivity index (χ1v) is 19.4. The summed E-state index contributed by atoms with van der Waals surface area (Å²) in [5, 5.41) is 25.8. The SMILES string of the molecule is COCc1cc(F)c(-c2nc(C(=O)Nc3cnc4c(c3N3C[C@H](C)[C@H](O[Si](C)(C)C(C)(C)C)[C@H](NC(=O)O)C3)CCC4O)ccc2F)c(F)c1. The van der Waals surface area contributed by atoms with E-state index in [-0.39, 0.29) is 41.1 Å². The third-order valence-corrected chi connectivity index (χ3v) is 14.4. The number of carboxylic acid groups (broad SMARTS) is 1. The number of nitrogens with zero attached hydrogens (tertiary/aromatic N) is 3. The summed E-state index contributed by atoms with van der Waals surface area (Å²) in [4.78, 5) is 36.1. The molecule has 1 saturated heterocycles. The van der Waals surface area contributed by atoms with Crippen molar-refractivity contribution in [3.63, 3.8) is 0 Å². The lowest BCUT2D eigenvalue weighted by atomic mass is 9.91. The number of piperidine rings is 1. The quantitative estimate of drug-likeness (QED) is 0.184. The van der Waals surface area contributed by atoms with Gasteiger partial charge in [0.2, 0.25) is 0 Å². The van der Waals surface area contributed by atoms with Gasteiger partial charge in [0, 0.05) is 31.7 Å². The molecule has 15 heteroatoms. The Labute approximate surface area is 290 Å². The lowest BCUT2D eigenvalue weighted by molar-refractivity contribution is 0.0721. The summed E-state index contributed by atoms with van der Waals surface area (Å²) in [5.74, 6) is -4.11. The summed E-state index contributed by atoms with van der Waals surface area (Å²) in [6.07, 6.45) is -0.177. The molecule has 0 saturated carbocycles. The maximum Gasteiger partial charge on any atom is 0.405 e. The highest BCUT2D eigenvalue weighted by molar-refractivity contribution is 6.74. The summed E-state index contributed by atoms with van der Waals surface area (Å²) in [5.41, 5.74) is 0.462. The van der Waals surface area contributed by atoms with Crippen molar-refractivity contribution >= 4 is 31.7 Å². The average Bonchev–Trinajstić information content (AvgIpc) is 3.38. The van der Waals surface area contributed by atoms with Crippen LogP contribution in [0, 0.1) is 23.4 Å². The smallest absolute Gasteiger partial charge is 0.405 e. The van der Waals surface area contributed by atoms with Crippen LogP contribution >= 0.6 is 0 Å². The zero-order valence-electron chi connectivity index (χ0n) is 29.2. The molecule has 1 unspecified atom stereocenters.